The van der Waals surface area contributed by atoms with E-state index < -0.39 is 22.0 Å². The van der Waals surface area contributed by atoms with E-state index in [0.717, 1.165) is 0 Å². The van der Waals surface area contributed by atoms with Crippen LogP contribution in [0.3, 0.4) is 0 Å². The van der Waals surface area contributed by atoms with Crippen LogP contribution in [-0.4, -0.2) is 37.0 Å². The largest absolute Gasteiger partial charge is 0.368 e. The first kappa shape index (κ1) is 13.4. The zero-order valence-corrected chi connectivity index (χ0v) is 10.9. The SMILES string of the molecule is CC(C)(C)CS(=O)(=O)N1CCC[C@@H]1C(N)=O. The Bertz CT molecular complexity index is 370. The van der Waals surface area contributed by atoms with Crippen LogP contribution in [-0.2, 0) is 14.8 Å². The van der Waals surface area contributed by atoms with Crippen LogP contribution in [0.5, 0.6) is 0 Å². The van der Waals surface area contributed by atoms with Crippen molar-refractivity contribution in [1.29, 1.82) is 0 Å². The van der Waals surface area contributed by atoms with E-state index in [1.54, 1.807) is 0 Å². The average molecular weight is 248 g/mol. The zero-order valence-electron chi connectivity index (χ0n) is 10.1. The Morgan fingerprint density at radius 2 is 2.00 bits per heavy atom. The van der Waals surface area contributed by atoms with E-state index in [2.05, 4.69) is 0 Å². The molecule has 6 heteroatoms. The molecule has 0 radical (unpaired) electrons. The van der Waals surface area contributed by atoms with Crippen molar-refractivity contribution in [2.24, 2.45) is 11.1 Å². The maximum atomic E-state index is 12.1. The Morgan fingerprint density at radius 1 is 1.44 bits per heavy atom. The third kappa shape index (κ3) is 3.18. The molecule has 94 valence electrons. The van der Waals surface area contributed by atoms with Crippen LogP contribution in [0.4, 0.5) is 0 Å². The molecule has 0 bridgehead atoms. The minimum absolute atomic E-state index is 0.0454. The van der Waals surface area contributed by atoms with Crippen LogP contribution in [0.25, 0.3) is 0 Å². The highest BCUT2D eigenvalue weighted by atomic mass is 32.2. The van der Waals surface area contributed by atoms with Gasteiger partial charge in [0.2, 0.25) is 15.9 Å². The molecule has 1 aliphatic heterocycles. The van der Waals surface area contributed by atoms with Crippen molar-refractivity contribution in [3.63, 3.8) is 0 Å². The fourth-order valence-electron chi connectivity index (χ4n) is 1.99. The van der Waals surface area contributed by atoms with Gasteiger partial charge in [-0.25, -0.2) is 8.42 Å². The Hall–Kier alpha value is -0.620. The van der Waals surface area contributed by atoms with Crippen LogP contribution < -0.4 is 5.73 Å². The van der Waals surface area contributed by atoms with Gasteiger partial charge in [0.1, 0.15) is 6.04 Å². The van der Waals surface area contributed by atoms with Crippen LogP contribution in [0.2, 0.25) is 0 Å². The van der Waals surface area contributed by atoms with Crippen molar-refractivity contribution in [3.05, 3.63) is 0 Å². The molecule has 16 heavy (non-hydrogen) atoms. The minimum Gasteiger partial charge on any atom is -0.368 e. The second-order valence-electron chi connectivity index (χ2n) is 5.49. The van der Waals surface area contributed by atoms with Crippen LogP contribution >= 0.6 is 0 Å². The third-order valence-electron chi connectivity index (χ3n) is 2.50. The van der Waals surface area contributed by atoms with Gasteiger partial charge in [-0.1, -0.05) is 20.8 Å². The number of nitrogens with two attached hydrogens (primary N) is 1. The van der Waals surface area contributed by atoms with Crippen molar-refractivity contribution >= 4 is 15.9 Å². The standard InChI is InChI=1S/C10H20N2O3S/c1-10(2,3)7-16(14,15)12-6-4-5-8(12)9(11)13/h8H,4-7H2,1-3H3,(H2,11,13)/t8-/m1/s1. The summed E-state index contributed by atoms with van der Waals surface area (Å²) in [6.07, 6.45) is 1.25. The molecule has 1 atom stereocenters. The first-order chi connectivity index (χ1) is 7.13. The summed E-state index contributed by atoms with van der Waals surface area (Å²) in [6, 6.07) is -0.646. The Morgan fingerprint density at radius 3 is 2.44 bits per heavy atom. The van der Waals surface area contributed by atoms with Crippen LogP contribution in [0, 0.1) is 5.41 Å². The number of nitrogens with zero attached hydrogens (tertiary/aromatic N) is 1. The maximum absolute atomic E-state index is 12.1. The highest BCUT2D eigenvalue weighted by Crippen LogP contribution is 2.25. The van der Waals surface area contributed by atoms with Crippen molar-refractivity contribution in [2.75, 3.05) is 12.3 Å². The molecule has 0 aromatic rings. The number of carbonyl (C=O) groups excluding carboxylic acids is 1. The molecule has 0 aromatic heterocycles. The van der Waals surface area contributed by atoms with Gasteiger partial charge in [-0.3, -0.25) is 4.79 Å². The van der Waals surface area contributed by atoms with E-state index in [1.807, 2.05) is 20.8 Å². The van der Waals surface area contributed by atoms with Crippen molar-refractivity contribution in [1.82, 2.24) is 4.31 Å². The van der Waals surface area contributed by atoms with Crippen molar-refractivity contribution in [3.8, 4) is 0 Å². The second kappa shape index (κ2) is 4.33. The smallest absolute Gasteiger partial charge is 0.235 e. The third-order valence-corrected chi connectivity index (χ3v) is 4.89. The summed E-state index contributed by atoms with van der Waals surface area (Å²) in [5, 5.41) is 0. The lowest BCUT2D eigenvalue weighted by Crippen LogP contribution is -2.46. The lowest BCUT2D eigenvalue weighted by Gasteiger charge is -2.26. The summed E-state index contributed by atoms with van der Waals surface area (Å²) in [5.41, 5.74) is 4.89. The predicted molar refractivity (Wildman–Crippen MR) is 62.2 cm³/mol. The highest BCUT2D eigenvalue weighted by molar-refractivity contribution is 7.89. The van der Waals surface area contributed by atoms with E-state index in [4.69, 9.17) is 5.73 Å². The normalized spacial score (nSPS) is 23.6. The molecule has 1 saturated heterocycles. The van der Waals surface area contributed by atoms with Gasteiger partial charge in [0.05, 0.1) is 5.75 Å². The average Bonchev–Trinajstić information content (AvgIpc) is 2.45. The number of rotatable bonds is 3. The van der Waals surface area contributed by atoms with E-state index >= 15 is 0 Å². The Labute approximate surface area is 97.0 Å². The number of hydrogen-bond acceptors (Lipinski definition) is 3. The van der Waals surface area contributed by atoms with Gasteiger partial charge in [-0.2, -0.15) is 4.31 Å². The van der Waals surface area contributed by atoms with Crippen molar-refractivity contribution in [2.45, 2.75) is 39.7 Å². The maximum Gasteiger partial charge on any atom is 0.235 e. The van der Waals surface area contributed by atoms with Gasteiger partial charge in [0, 0.05) is 6.54 Å². The lowest BCUT2D eigenvalue weighted by atomic mass is 10.0. The molecular weight excluding hydrogens is 228 g/mol. The van der Waals surface area contributed by atoms with Gasteiger partial charge in [-0.15, -0.1) is 0 Å². The quantitative estimate of drug-likeness (QED) is 0.780. The Balaban J connectivity index is 2.87. The van der Waals surface area contributed by atoms with E-state index in [0.29, 0.717) is 19.4 Å². The van der Waals surface area contributed by atoms with E-state index in [1.165, 1.54) is 4.31 Å². The molecule has 0 saturated carbocycles. The summed E-state index contributed by atoms with van der Waals surface area (Å²) >= 11 is 0. The zero-order chi connectivity index (χ0) is 12.6. The number of carbonyl (C=O) groups is 1. The molecule has 1 heterocycles. The number of sulfonamides is 1. The number of primary amides is 1. The summed E-state index contributed by atoms with van der Waals surface area (Å²) in [6.45, 7) is 5.99. The minimum atomic E-state index is -3.38. The molecule has 0 spiro atoms. The fourth-order valence-corrected chi connectivity index (χ4v) is 4.25. The summed E-state index contributed by atoms with van der Waals surface area (Å²) < 4.78 is 25.4. The van der Waals surface area contributed by atoms with E-state index in [9.17, 15) is 13.2 Å². The molecule has 2 N–H and O–H groups in total. The monoisotopic (exact) mass is 248 g/mol. The molecule has 0 unspecified atom stereocenters. The van der Waals surface area contributed by atoms with Gasteiger partial charge >= 0.3 is 0 Å². The fraction of sp³-hybridized carbons (Fsp3) is 0.900. The first-order valence-corrected chi connectivity index (χ1v) is 7.03. The molecule has 0 aromatic carbocycles. The van der Waals surface area contributed by atoms with Gasteiger partial charge in [0.15, 0.2) is 0 Å². The van der Waals surface area contributed by atoms with Crippen LogP contribution in [0.1, 0.15) is 33.6 Å². The lowest BCUT2D eigenvalue weighted by molar-refractivity contribution is -0.121. The molecule has 1 fully saturated rings. The number of hydrogen-bond donors (Lipinski definition) is 1. The molecule has 1 amide bonds. The summed E-state index contributed by atoms with van der Waals surface area (Å²) in [7, 11) is -3.38. The summed E-state index contributed by atoms with van der Waals surface area (Å²) in [4.78, 5) is 11.1. The second-order valence-corrected chi connectivity index (χ2v) is 7.41. The van der Waals surface area contributed by atoms with E-state index in [-0.39, 0.29) is 11.2 Å². The highest BCUT2D eigenvalue weighted by Gasteiger charge is 2.39. The molecule has 5 nitrogen and oxygen atoms in total. The van der Waals surface area contributed by atoms with Crippen molar-refractivity contribution < 1.29 is 13.2 Å². The summed E-state index contributed by atoms with van der Waals surface area (Å²) in [5.74, 6) is -0.501. The molecule has 1 rings (SSSR count). The molecular formula is C10H20N2O3S. The topological polar surface area (TPSA) is 80.5 Å². The van der Waals surface area contributed by atoms with Crippen LogP contribution in [0.15, 0.2) is 0 Å². The van der Waals surface area contributed by atoms with Gasteiger partial charge in [0.25, 0.3) is 0 Å². The first-order valence-electron chi connectivity index (χ1n) is 5.42. The Kier molecular flexibility index (Phi) is 3.64. The predicted octanol–water partition coefficient (Wildman–Crippen LogP) is 0.312. The molecule has 0 aliphatic carbocycles. The number of amides is 1. The molecule has 1 aliphatic rings. The van der Waals surface area contributed by atoms with Gasteiger partial charge < -0.3 is 5.73 Å². The van der Waals surface area contributed by atoms with Gasteiger partial charge in [-0.05, 0) is 18.3 Å².